The maximum Gasteiger partial charge on any atom is 0.281 e. The van der Waals surface area contributed by atoms with Crippen LogP contribution in [0.1, 0.15) is 19.8 Å². The van der Waals surface area contributed by atoms with Crippen LogP contribution in [0.5, 0.6) is 0 Å². The van der Waals surface area contributed by atoms with Crippen molar-refractivity contribution in [3.63, 3.8) is 0 Å². The Labute approximate surface area is 99.6 Å². The Bertz CT molecular complexity index is 256. The minimum absolute atomic E-state index is 0.0409. The third kappa shape index (κ3) is 4.02. The number of thioether (sulfide) groups is 1. The molecule has 1 rings (SSSR count). The van der Waals surface area contributed by atoms with Crippen molar-refractivity contribution in [2.24, 2.45) is 0 Å². The van der Waals surface area contributed by atoms with Gasteiger partial charge in [-0.2, -0.15) is 0 Å². The Morgan fingerprint density at radius 2 is 2.44 bits per heavy atom. The van der Waals surface area contributed by atoms with Crippen LogP contribution in [0, 0.1) is 0 Å². The van der Waals surface area contributed by atoms with Crippen molar-refractivity contribution < 1.29 is 14.7 Å². The van der Waals surface area contributed by atoms with Crippen LogP contribution in [0.15, 0.2) is 0 Å². The van der Waals surface area contributed by atoms with E-state index in [-0.39, 0.29) is 23.8 Å². The number of aliphatic hydroxyl groups is 1. The Balaban J connectivity index is 2.21. The van der Waals surface area contributed by atoms with Crippen LogP contribution in [-0.2, 0) is 4.79 Å². The summed E-state index contributed by atoms with van der Waals surface area (Å²) < 4.78 is 0. The van der Waals surface area contributed by atoms with Crippen LogP contribution in [-0.4, -0.2) is 52.6 Å². The molecule has 92 valence electrons. The molecule has 5 nitrogen and oxygen atoms in total. The van der Waals surface area contributed by atoms with E-state index in [1.165, 1.54) is 11.8 Å². The zero-order valence-corrected chi connectivity index (χ0v) is 10.3. The van der Waals surface area contributed by atoms with Gasteiger partial charge in [0.1, 0.15) is 0 Å². The first-order valence-electron chi connectivity index (χ1n) is 5.49. The molecule has 0 saturated carbocycles. The Hall–Kier alpha value is -0.750. The summed E-state index contributed by atoms with van der Waals surface area (Å²) in [6.45, 7) is 3.07. The van der Waals surface area contributed by atoms with Gasteiger partial charge in [0.05, 0.1) is 12.6 Å². The minimum Gasteiger partial charge on any atom is -0.394 e. The first-order chi connectivity index (χ1) is 7.67. The van der Waals surface area contributed by atoms with Crippen molar-refractivity contribution in [1.29, 1.82) is 0 Å². The smallest absolute Gasteiger partial charge is 0.281 e. The molecule has 16 heavy (non-hydrogen) atoms. The van der Waals surface area contributed by atoms with Crippen LogP contribution in [0.25, 0.3) is 0 Å². The van der Waals surface area contributed by atoms with Gasteiger partial charge in [-0.05, 0) is 6.42 Å². The maximum atomic E-state index is 11.5. The number of aliphatic hydroxyl groups excluding tert-OH is 1. The third-order valence-corrected chi connectivity index (χ3v) is 3.42. The second kappa shape index (κ2) is 6.75. The molecule has 1 unspecified atom stereocenters. The molecule has 1 aliphatic rings. The lowest BCUT2D eigenvalue weighted by atomic mass is 10.2. The summed E-state index contributed by atoms with van der Waals surface area (Å²) in [5.41, 5.74) is 0. The molecule has 1 saturated heterocycles. The van der Waals surface area contributed by atoms with E-state index < -0.39 is 0 Å². The van der Waals surface area contributed by atoms with Gasteiger partial charge in [-0.15, -0.1) is 0 Å². The van der Waals surface area contributed by atoms with Gasteiger partial charge in [-0.3, -0.25) is 9.59 Å². The second-order valence-corrected chi connectivity index (χ2v) is 4.75. The fraction of sp³-hybridized carbons (Fsp3) is 0.800. The standard InChI is InChI=1S/C10H18N2O3S/c1-2-8(7-13)11-9(14)3-4-12-5-6-16-10(12)15/h8,13H,2-7H2,1H3,(H,11,14). The molecule has 6 heteroatoms. The summed E-state index contributed by atoms with van der Waals surface area (Å²) in [5.74, 6) is 0.708. The van der Waals surface area contributed by atoms with E-state index in [9.17, 15) is 9.59 Å². The Morgan fingerprint density at radius 1 is 1.69 bits per heavy atom. The van der Waals surface area contributed by atoms with Gasteiger partial charge in [-0.25, -0.2) is 0 Å². The van der Waals surface area contributed by atoms with E-state index in [1.807, 2.05) is 6.92 Å². The highest BCUT2D eigenvalue weighted by Crippen LogP contribution is 2.16. The predicted octanol–water partition coefficient (Wildman–Crippen LogP) is 0.432. The molecule has 0 aliphatic carbocycles. The van der Waals surface area contributed by atoms with Gasteiger partial charge >= 0.3 is 0 Å². The highest BCUT2D eigenvalue weighted by Gasteiger charge is 2.21. The number of nitrogens with one attached hydrogen (secondary N) is 1. The third-order valence-electron chi connectivity index (χ3n) is 2.53. The van der Waals surface area contributed by atoms with Crippen molar-refractivity contribution in [2.45, 2.75) is 25.8 Å². The van der Waals surface area contributed by atoms with Gasteiger partial charge < -0.3 is 15.3 Å². The highest BCUT2D eigenvalue weighted by atomic mass is 32.2. The lowest BCUT2D eigenvalue weighted by molar-refractivity contribution is -0.122. The molecular weight excluding hydrogens is 228 g/mol. The molecule has 1 fully saturated rings. The van der Waals surface area contributed by atoms with Crippen LogP contribution in [0.2, 0.25) is 0 Å². The van der Waals surface area contributed by atoms with E-state index in [4.69, 9.17) is 5.11 Å². The Kier molecular flexibility index (Phi) is 5.62. The maximum absolute atomic E-state index is 11.5. The summed E-state index contributed by atoms with van der Waals surface area (Å²) in [5, 5.41) is 11.7. The van der Waals surface area contributed by atoms with Gasteiger partial charge in [-0.1, -0.05) is 18.7 Å². The number of hydrogen-bond donors (Lipinski definition) is 2. The van der Waals surface area contributed by atoms with Crippen molar-refractivity contribution in [2.75, 3.05) is 25.4 Å². The van der Waals surface area contributed by atoms with E-state index in [1.54, 1.807) is 4.90 Å². The minimum atomic E-state index is -0.170. The monoisotopic (exact) mass is 246 g/mol. The fourth-order valence-electron chi connectivity index (χ4n) is 1.44. The van der Waals surface area contributed by atoms with E-state index >= 15 is 0 Å². The molecule has 2 N–H and O–H groups in total. The molecule has 0 aromatic rings. The average molecular weight is 246 g/mol. The van der Waals surface area contributed by atoms with E-state index in [0.29, 0.717) is 19.4 Å². The van der Waals surface area contributed by atoms with Gasteiger partial charge in [0.2, 0.25) is 5.91 Å². The molecule has 0 aromatic heterocycles. The second-order valence-electron chi connectivity index (χ2n) is 3.71. The predicted molar refractivity (Wildman–Crippen MR) is 63.4 cm³/mol. The first kappa shape index (κ1) is 13.3. The zero-order chi connectivity index (χ0) is 12.0. The summed E-state index contributed by atoms with van der Waals surface area (Å²) in [6.07, 6.45) is 1.02. The number of hydrogen-bond acceptors (Lipinski definition) is 4. The topological polar surface area (TPSA) is 69.6 Å². The highest BCUT2D eigenvalue weighted by molar-refractivity contribution is 8.13. The molecule has 0 bridgehead atoms. The lowest BCUT2D eigenvalue weighted by Gasteiger charge is -2.17. The Morgan fingerprint density at radius 3 is 2.94 bits per heavy atom. The number of carbonyl (C=O) groups excluding carboxylic acids is 2. The van der Waals surface area contributed by atoms with Crippen molar-refractivity contribution >= 4 is 22.9 Å². The molecule has 1 heterocycles. The van der Waals surface area contributed by atoms with Gasteiger partial charge in [0.25, 0.3) is 5.24 Å². The van der Waals surface area contributed by atoms with Crippen molar-refractivity contribution in [3.05, 3.63) is 0 Å². The molecule has 0 spiro atoms. The molecular formula is C10H18N2O3S. The quantitative estimate of drug-likeness (QED) is 0.713. The fourth-order valence-corrected chi connectivity index (χ4v) is 2.29. The summed E-state index contributed by atoms with van der Waals surface area (Å²) in [4.78, 5) is 24.4. The SMILES string of the molecule is CCC(CO)NC(=O)CCN1CCSC1=O. The number of amides is 2. The van der Waals surface area contributed by atoms with Crippen LogP contribution in [0.3, 0.4) is 0 Å². The van der Waals surface area contributed by atoms with Crippen LogP contribution >= 0.6 is 11.8 Å². The van der Waals surface area contributed by atoms with Crippen LogP contribution in [0.4, 0.5) is 4.79 Å². The van der Waals surface area contributed by atoms with Gasteiger partial charge in [0, 0.05) is 25.3 Å². The lowest BCUT2D eigenvalue weighted by Crippen LogP contribution is -2.38. The summed E-state index contributed by atoms with van der Waals surface area (Å²) in [7, 11) is 0. The average Bonchev–Trinajstić information content (AvgIpc) is 2.69. The first-order valence-corrected chi connectivity index (χ1v) is 6.47. The number of rotatable bonds is 6. The summed E-state index contributed by atoms with van der Waals surface area (Å²) in [6, 6.07) is -0.170. The molecule has 1 atom stereocenters. The zero-order valence-electron chi connectivity index (χ0n) is 9.44. The molecule has 0 radical (unpaired) electrons. The molecule has 0 aromatic carbocycles. The number of nitrogens with zero attached hydrogens (tertiary/aromatic N) is 1. The van der Waals surface area contributed by atoms with E-state index in [0.717, 1.165) is 12.3 Å². The number of carbonyl (C=O) groups is 2. The largest absolute Gasteiger partial charge is 0.394 e. The molecule has 2 amide bonds. The normalized spacial score (nSPS) is 17.6. The summed E-state index contributed by atoms with van der Waals surface area (Å²) >= 11 is 1.30. The van der Waals surface area contributed by atoms with E-state index in [2.05, 4.69) is 5.32 Å². The van der Waals surface area contributed by atoms with Crippen LogP contribution < -0.4 is 5.32 Å². The molecule has 1 aliphatic heterocycles. The van der Waals surface area contributed by atoms with Gasteiger partial charge in [0.15, 0.2) is 0 Å². The van der Waals surface area contributed by atoms with Crippen molar-refractivity contribution in [1.82, 2.24) is 10.2 Å². The van der Waals surface area contributed by atoms with Crippen molar-refractivity contribution in [3.8, 4) is 0 Å².